The molecule has 1 N–H and O–H groups in total. The van der Waals surface area contributed by atoms with Crippen LogP contribution in [0.1, 0.15) is 38.5 Å². The van der Waals surface area contributed by atoms with Crippen LogP contribution >= 0.6 is 0 Å². The molecule has 21 heavy (non-hydrogen) atoms. The van der Waals surface area contributed by atoms with Gasteiger partial charge in [0.15, 0.2) is 0 Å². The first kappa shape index (κ1) is 14.0. The van der Waals surface area contributed by atoms with Gasteiger partial charge in [0.25, 0.3) is 0 Å². The number of nitrogens with one attached hydrogen (secondary N) is 1. The van der Waals surface area contributed by atoms with Crippen LogP contribution in [0.15, 0.2) is 0 Å². The molecule has 5 nitrogen and oxygen atoms in total. The molecule has 3 atom stereocenters. The second-order valence-corrected chi connectivity index (χ2v) is 7.08. The van der Waals surface area contributed by atoms with E-state index >= 15 is 0 Å². The monoisotopic (exact) mass is 293 g/mol. The number of nitrogens with zero attached hydrogens (tertiary/aromatic N) is 2. The van der Waals surface area contributed by atoms with E-state index in [-0.39, 0.29) is 6.04 Å². The lowest BCUT2D eigenvalue weighted by atomic mass is 10.0. The predicted molar refractivity (Wildman–Crippen MR) is 80.1 cm³/mol. The van der Waals surface area contributed by atoms with Gasteiger partial charge in [-0.3, -0.25) is 9.69 Å². The van der Waals surface area contributed by atoms with Crippen LogP contribution in [0, 0.1) is 0 Å². The van der Waals surface area contributed by atoms with Crippen molar-refractivity contribution < 1.29 is 9.53 Å². The van der Waals surface area contributed by atoms with Crippen molar-refractivity contribution >= 4 is 5.91 Å². The van der Waals surface area contributed by atoms with Gasteiger partial charge in [0.1, 0.15) is 0 Å². The summed E-state index contributed by atoms with van der Waals surface area (Å²) in [6.07, 6.45) is 7.50. The molecule has 4 aliphatic heterocycles. The Morgan fingerprint density at radius 3 is 2.43 bits per heavy atom. The van der Waals surface area contributed by atoms with Gasteiger partial charge in [-0.1, -0.05) is 0 Å². The first-order valence-electron chi connectivity index (χ1n) is 8.72. The van der Waals surface area contributed by atoms with E-state index in [1.54, 1.807) is 0 Å². The van der Waals surface area contributed by atoms with E-state index in [0.29, 0.717) is 24.2 Å². The Kier molecular flexibility index (Phi) is 3.90. The standard InChI is InChI=1S/C16H27N3O2/c20-16(18-10-13-3-4-14(11-18)21-13)15-2-1-9-19(15)12-5-7-17-8-6-12/h12-15,17H,1-11H2. The summed E-state index contributed by atoms with van der Waals surface area (Å²) in [6.45, 7) is 4.96. The Morgan fingerprint density at radius 2 is 1.71 bits per heavy atom. The molecule has 3 unspecified atom stereocenters. The third-order valence-electron chi connectivity index (χ3n) is 5.71. The van der Waals surface area contributed by atoms with Crippen molar-refractivity contribution in [3.63, 3.8) is 0 Å². The van der Waals surface area contributed by atoms with Crippen molar-refractivity contribution in [1.82, 2.24) is 15.1 Å². The molecule has 4 heterocycles. The molecule has 0 spiro atoms. The van der Waals surface area contributed by atoms with Crippen LogP contribution in [0.3, 0.4) is 0 Å². The van der Waals surface area contributed by atoms with Crippen LogP contribution in [0.2, 0.25) is 0 Å². The highest BCUT2D eigenvalue weighted by Gasteiger charge is 2.42. The summed E-state index contributed by atoms with van der Waals surface area (Å²) in [6, 6.07) is 0.756. The number of piperidine rings is 1. The Balaban J connectivity index is 1.43. The van der Waals surface area contributed by atoms with Crippen LogP contribution in [0.25, 0.3) is 0 Å². The van der Waals surface area contributed by atoms with E-state index in [0.717, 1.165) is 52.0 Å². The van der Waals surface area contributed by atoms with Gasteiger partial charge < -0.3 is 15.0 Å². The maximum absolute atomic E-state index is 13.0. The fourth-order valence-corrected chi connectivity index (χ4v) is 4.64. The molecule has 1 amide bonds. The van der Waals surface area contributed by atoms with E-state index in [9.17, 15) is 4.79 Å². The SMILES string of the molecule is O=C(C1CCCN1C1CCNCC1)N1CC2CCC(C1)O2. The molecule has 0 aromatic rings. The molecular weight excluding hydrogens is 266 g/mol. The van der Waals surface area contributed by atoms with Gasteiger partial charge in [-0.2, -0.15) is 0 Å². The lowest BCUT2D eigenvalue weighted by Gasteiger charge is -2.39. The Labute approximate surface area is 127 Å². The van der Waals surface area contributed by atoms with E-state index in [4.69, 9.17) is 4.74 Å². The normalized spacial score (nSPS) is 38.1. The number of carbonyl (C=O) groups excluding carboxylic acids is 1. The first-order valence-corrected chi connectivity index (χ1v) is 8.72. The minimum atomic E-state index is 0.144. The molecule has 4 rings (SSSR count). The fourth-order valence-electron chi connectivity index (χ4n) is 4.64. The zero-order chi connectivity index (χ0) is 14.2. The minimum absolute atomic E-state index is 0.144. The maximum atomic E-state index is 13.0. The number of carbonyl (C=O) groups is 1. The largest absolute Gasteiger partial charge is 0.371 e. The number of amides is 1. The van der Waals surface area contributed by atoms with Gasteiger partial charge in [0.2, 0.25) is 5.91 Å². The highest BCUT2D eigenvalue weighted by atomic mass is 16.5. The van der Waals surface area contributed by atoms with E-state index in [1.807, 2.05) is 0 Å². The maximum Gasteiger partial charge on any atom is 0.240 e. The summed E-state index contributed by atoms with van der Waals surface area (Å²) in [5.74, 6) is 0.381. The summed E-state index contributed by atoms with van der Waals surface area (Å²) in [4.78, 5) is 17.6. The Morgan fingerprint density at radius 1 is 1.00 bits per heavy atom. The van der Waals surface area contributed by atoms with Crippen LogP contribution in [-0.4, -0.2) is 72.7 Å². The van der Waals surface area contributed by atoms with Crippen molar-refractivity contribution in [3.05, 3.63) is 0 Å². The molecule has 0 aromatic heterocycles. The number of hydrogen-bond acceptors (Lipinski definition) is 4. The lowest BCUT2D eigenvalue weighted by Crippen LogP contribution is -2.55. The molecule has 0 saturated carbocycles. The highest BCUT2D eigenvalue weighted by molar-refractivity contribution is 5.82. The van der Waals surface area contributed by atoms with Crippen molar-refractivity contribution in [2.75, 3.05) is 32.7 Å². The number of hydrogen-bond donors (Lipinski definition) is 1. The average Bonchev–Trinajstić information content (AvgIpc) is 3.14. The average molecular weight is 293 g/mol. The molecule has 0 radical (unpaired) electrons. The molecule has 4 aliphatic rings. The third-order valence-corrected chi connectivity index (χ3v) is 5.71. The summed E-state index contributed by atoms with van der Waals surface area (Å²) < 4.78 is 5.87. The lowest BCUT2D eigenvalue weighted by molar-refractivity contribution is -0.145. The first-order chi connectivity index (χ1) is 10.3. The fraction of sp³-hybridized carbons (Fsp3) is 0.938. The summed E-state index contributed by atoms with van der Waals surface area (Å²) in [7, 11) is 0. The van der Waals surface area contributed by atoms with Gasteiger partial charge in [0, 0.05) is 19.1 Å². The van der Waals surface area contributed by atoms with Crippen molar-refractivity contribution in [1.29, 1.82) is 0 Å². The second-order valence-electron chi connectivity index (χ2n) is 7.08. The van der Waals surface area contributed by atoms with Crippen LogP contribution < -0.4 is 5.32 Å². The van der Waals surface area contributed by atoms with Gasteiger partial charge in [0.05, 0.1) is 18.2 Å². The Bertz CT molecular complexity index is 385. The number of fused-ring (bicyclic) bond motifs is 2. The second kappa shape index (κ2) is 5.86. The molecule has 2 bridgehead atoms. The van der Waals surface area contributed by atoms with Gasteiger partial charge in [-0.05, 0) is 58.2 Å². The van der Waals surface area contributed by atoms with Crippen LogP contribution in [-0.2, 0) is 9.53 Å². The minimum Gasteiger partial charge on any atom is -0.371 e. The van der Waals surface area contributed by atoms with Gasteiger partial charge >= 0.3 is 0 Å². The smallest absolute Gasteiger partial charge is 0.240 e. The Hall–Kier alpha value is -0.650. The van der Waals surface area contributed by atoms with Crippen molar-refractivity contribution in [2.45, 2.75) is 62.8 Å². The summed E-state index contributed by atoms with van der Waals surface area (Å²) in [5, 5.41) is 3.43. The topological polar surface area (TPSA) is 44.8 Å². The number of morpholine rings is 1. The molecule has 4 saturated heterocycles. The summed E-state index contributed by atoms with van der Waals surface area (Å²) >= 11 is 0. The van der Waals surface area contributed by atoms with Gasteiger partial charge in [-0.25, -0.2) is 0 Å². The van der Waals surface area contributed by atoms with Gasteiger partial charge in [-0.15, -0.1) is 0 Å². The molecule has 5 heteroatoms. The molecule has 118 valence electrons. The molecule has 0 aromatic carbocycles. The number of rotatable bonds is 2. The van der Waals surface area contributed by atoms with Crippen LogP contribution in [0.5, 0.6) is 0 Å². The van der Waals surface area contributed by atoms with E-state index < -0.39 is 0 Å². The molecular formula is C16H27N3O2. The quantitative estimate of drug-likeness (QED) is 0.809. The number of likely N-dealkylation sites (tertiary alicyclic amines) is 2. The highest BCUT2D eigenvalue weighted by Crippen LogP contribution is 2.30. The van der Waals surface area contributed by atoms with E-state index in [1.165, 1.54) is 19.3 Å². The van der Waals surface area contributed by atoms with E-state index in [2.05, 4.69) is 15.1 Å². The zero-order valence-electron chi connectivity index (χ0n) is 12.8. The van der Waals surface area contributed by atoms with Crippen molar-refractivity contribution in [2.24, 2.45) is 0 Å². The molecule has 0 aliphatic carbocycles. The van der Waals surface area contributed by atoms with Crippen LogP contribution in [0.4, 0.5) is 0 Å². The zero-order valence-corrected chi connectivity index (χ0v) is 12.8. The third kappa shape index (κ3) is 2.71. The molecule has 4 fully saturated rings. The predicted octanol–water partition coefficient (Wildman–Crippen LogP) is 0.593. The van der Waals surface area contributed by atoms with Crippen molar-refractivity contribution in [3.8, 4) is 0 Å². The summed E-state index contributed by atoms with van der Waals surface area (Å²) in [5.41, 5.74) is 0. The number of ether oxygens (including phenoxy) is 1.